The molecule has 2 atom stereocenters. The van der Waals surface area contributed by atoms with E-state index in [9.17, 15) is 18.0 Å². The molecule has 3 aromatic rings. The van der Waals surface area contributed by atoms with E-state index in [-0.39, 0.29) is 24.6 Å². The van der Waals surface area contributed by atoms with E-state index in [4.69, 9.17) is 9.47 Å². The van der Waals surface area contributed by atoms with Crippen molar-refractivity contribution in [2.24, 2.45) is 0 Å². The number of nitrogens with zero attached hydrogens (tertiary/aromatic N) is 1. The number of carbonyl (C=O) groups is 1. The first-order valence-electron chi connectivity index (χ1n) is 12.0. The van der Waals surface area contributed by atoms with Crippen LogP contribution >= 0.6 is 0 Å². The summed E-state index contributed by atoms with van der Waals surface area (Å²) in [5.41, 5.74) is 5.61. The molecule has 0 N–H and O–H groups in total. The first-order chi connectivity index (χ1) is 17.4. The van der Waals surface area contributed by atoms with Crippen LogP contribution < -0.4 is 0 Å². The number of ether oxygens (including phenoxy) is 2. The molecule has 4 nitrogen and oxygen atoms in total. The minimum atomic E-state index is -4.37. The van der Waals surface area contributed by atoms with Gasteiger partial charge in [0.05, 0.1) is 30.9 Å². The molecule has 2 heterocycles. The highest BCUT2D eigenvalue weighted by atomic mass is 19.4. The monoisotopic (exact) mass is 491 g/mol. The topological polar surface area (TPSA) is 38.8 Å². The number of benzene rings is 3. The molecule has 7 heteroatoms. The van der Waals surface area contributed by atoms with E-state index in [1.165, 1.54) is 23.3 Å². The van der Waals surface area contributed by atoms with Gasteiger partial charge in [-0.15, -0.1) is 0 Å². The number of alkyl halides is 3. The predicted octanol–water partition coefficient (Wildman–Crippen LogP) is 6.51. The van der Waals surface area contributed by atoms with Crippen molar-refractivity contribution in [1.29, 1.82) is 0 Å². The number of hydrogen-bond acceptors (Lipinski definition) is 3. The largest absolute Gasteiger partial charge is 0.448 e. The molecular formula is C29H24F3NO3. The fourth-order valence-corrected chi connectivity index (χ4v) is 5.64. The van der Waals surface area contributed by atoms with Crippen LogP contribution in [0.2, 0.25) is 0 Å². The van der Waals surface area contributed by atoms with Crippen LogP contribution in [0.25, 0.3) is 16.7 Å². The summed E-state index contributed by atoms with van der Waals surface area (Å²) < 4.78 is 50.4. The molecule has 184 valence electrons. The van der Waals surface area contributed by atoms with Crippen molar-refractivity contribution >= 4 is 11.7 Å². The van der Waals surface area contributed by atoms with Crippen LogP contribution in [0.15, 0.2) is 78.9 Å². The van der Waals surface area contributed by atoms with E-state index >= 15 is 0 Å². The quantitative estimate of drug-likeness (QED) is 0.419. The zero-order valence-electron chi connectivity index (χ0n) is 19.4. The zero-order chi connectivity index (χ0) is 24.9. The van der Waals surface area contributed by atoms with Gasteiger partial charge in [0.25, 0.3) is 0 Å². The zero-order valence-corrected chi connectivity index (χ0v) is 19.4. The molecule has 2 unspecified atom stereocenters. The van der Waals surface area contributed by atoms with Crippen LogP contribution in [0.3, 0.4) is 0 Å². The second-order valence-corrected chi connectivity index (χ2v) is 9.44. The number of carbonyl (C=O) groups excluding carboxylic acids is 1. The first-order valence-corrected chi connectivity index (χ1v) is 12.0. The Morgan fingerprint density at radius 2 is 1.56 bits per heavy atom. The molecule has 0 spiro atoms. The standard InChI is InChI=1S/C29H24F3NO3/c30-29(31,32)20-11-9-18(10-12-20)19-13-21-15-35-16-22(14-19)33(21)28(34)36-17-27-25-7-3-1-5-23(25)24-6-2-4-8-26(24)27/h1-13,21-22,27H,14-17H2. The van der Waals surface area contributed by atoms with Gasteiger partial charge < -0.3 is 9.47 Å². The van der Waals surface area contributed by atoms with E-state index in [1.807, 2.05) is 30.3 Å². The van der Waals surface area contributed by atoms with E-state index in [1.54, 1.807) is 4.90 Å². The highest BCUT2D eigenvalue weighted by Crippen LogP contribution is 2.44. The van der Waals surface area contributed by atoms with Gasteiger partial charge in [0.15, 0.2) is 0 Å². The SMILES string of the molecule is O=C(OCC1c2ccccc2-c2ccccc21)N1C2C=C(c3ccc(C(F)(F)F)cc3)CC1COC2. The molecular weight excluding hydrogens is 467 g/mol. The second-order valence-electron chi connectivity index (χ2n) is 9.44. The van der Waals surface area contributed by atoms with Crippen molar-refractivity contribution in [3.63, 3.8) is 0 Å². The second kappa shape index (κ2) is 8.82. The van der Waals surface area contributed by atoms with Crippen LogP contribution in [0, 0.1) is 0 Å². The Balaban J connectivity index is 1.20. The fourth-order valence-electron chi connectivity index (χ4n) is 5.64. The lowest BCUT2D eigenvalue weighted by Crippen LogP contribution is -2.56. The smallest absolute Gasteiger partial charge is 0.416 e. The minimum absolute atomic E-state index is 0.0273. The van der Waals surface area contributed by atoms with Gasteiger partial charge in [0.2, 0.25) is 0 Å². The minimum Gasteiger partial charge on any atom is -0.448 e. The summed E-state index contributed by atoms with van der Waals surface area (Å²) >= 11 is 0. The normalized spacial score (nSPS) is 21.0. The Bertz CT molecular complexity index is 1290. The highest BCUT2D eigenvalue weighted by molar-refractivity contribution is 5.79. The van der Waals surface area contributed by atoms with E-state index in [0.717, 1.165) is 34.4 Å². The maximum atomic E-state index is 13.3. The number of hydrogen-bond donors (Lipinski definition) is 0. The summed E-state index contributed by atoms with van der Waals surface area (Å²) in [4.78, 5) is 15.0. The molecule has 1 saturated heterocycles. The number of morpholine rings is 1. The number of rotatable bonds is 3. The van der Waals surface area contributed by atoms with Crippen molar-refractivity contribution in [2.75, 3.05) is 19.8 Å². The average Bonchev–Trinajstić information content (AvgIpc) is 3.20. The lowest BCUT2D eigenvalue weighted by Gasteiger charge is -2.44. The fraction of sp³-hybridized carbons (Fsp3) is 0.276. The number of halogens is 3. The Morgan fingerprint density at radius 1 is 0.917 bits per heavy atom. The van der Waals surface area contributed by atoms with Crippen molar-refractivity contribution in [3.8, 4) is 11.1 Å². The van der Waals surface area contributed by atoms with Crippen LogP contribution in [-0.4, -0.2) is 42.9 Å². The Morgan fingerprint density at radius 3 is 2.17 bits per heavy atom. The highest BCUT2D eigenvalue weighted by Gasteiger charge is 2.40. The molecule has 1 aliphatic carbocycles. The molecule has 1 amide bonds. The summed E-state index contributed by atoms with van der Waals surface area (Å²) in [5, 5.41) is 0. The van der Waals surface area contributed by atoms with Gasteiger partial charge in [0.1, 0.15) is 6.61 Å². The van der Waals surface area contributed by atoms with Crippen LogP contribution in [0.4, 0.5) is 18.0 Å². The first kappa shape index (κ1) is 22.9. The molecule has 2 aliphatic heterocycles. The summed E-state index contributed by atoms with van der Waals surface area (Å²) in [6.45, 7) is 0.919. The van der Waals surface area contributed by atoms with Gasteiger partial charge in [-0.05, 0) is 51.9 Å². The maximum absolute atomic E-state index is 13.3. The Kier molecular flexibility index (Phi) is 5.60. The number of amides is 1. The van der Waals surface area contributed by atoms with Gasteiger partial charge in [-0.25, -0.2) is 4.79 Å². The Labute approximate surface area is 206 Å². The molecule has 0 radical (unpaired) electrons. The van der Waals surface area contributed by atoms with Crippen molar-refractivity contribution < 1.29 is 27.4 Å². The molecule has 36 heavy (non-hydrogen) atoms. The van der Waals surface area contributed by atoms with Crippen LogP contribution in [0.5, 0.6) is 0 Å². The van der Waals surface area contributed by atoms with Crippen molar-refractivity contribution in [3.05, 3.63) is 101 Å². The lowest BCUT2D eigenvalue weighted by molar-refractivity contribution is -0.137. The summed E-state index contributed by atoms with van der Waals surface area (Å²) in [7, 11) is 0. The summed E-state index contributed by atoms with van der Waals surface area (Å²) in [6, 6.07) is 21.0. The third-order valence-electron chi connectivity index (χ3n) is 7.33. The third kappa shape index (κ3) is 3.97. The summed E-state index contributed by atoms with van der Waals surface area (Å²) in [6.07, 6.45) is -2.35. The van der Waals surface area contributed by atoms with Gasteiger partial charge in [-0.3, -0.25) is 4.90 Å². The van der Waals surface area contributed by atoms with Crippen LogP contribution in [-0.2, 0) is 15.7 Å². The van der Waals surface area contributed by atoms with Crippen molar-refractivity contribution in [1.82, 2.24) is 4.90 Å². The molecule has 0 saturated carbocycles. The molecule has 0 aromatic heterocycles. The molecule has 6 rings (SSSR count). The maximum Gasteiger partial charge on any atom is 0.416 e. The molecule has 3 aromatic carbocycles. The van der Waals surface area contributed by atoms with Gasteiger partial charge in [-0.2, -0.15) is 13.2 Å². The Hall–Kier alpha value is -3.58. The van der Waals surface area contributed by atoms with E-state index < -0.39 is 17.8 Å². The average molecular weight is 492 g/mol. The van der Waals surface area contributed by atoms with Gasteiger partial charge in [-0.1, -0.05) is 66.7 Å². The van der Waals surface area contributed by atoms with Gasteiger partial charge >= 0.3 is 12.3 Å². The lowest BCUT2D eigenvalue weighted by atomic mass is 9.90. The number of fused-ring (bicyclic) bond motifs is 5. The third-order valence-corrected chi connectivity index (χ3v) is 7.33. The molecule has 2 bridgehead atoms. The summed E-state index contributed by atoms with van der Waals surface area (Å²) in [5.74, 6) is -0.0273. The van der Waals surface area contributed by atoms with Crippen LogP contribution in [0.1, 0.15) is 34.6 Å². The molecule has 1 fully saturated rings. The van der Waals surface area contributed by atoms with E-state index in [2.05, 4.69) is 24.3 Å². The van der Waals surface area contributed by atoms with E-state index in [0.29, 0.717) is 19.6 Å². The van der Waals surface area contributed by atoms with Crippen molar-refractivity contribution in [2.45, 2.75) is 30.6 Å². The predicted molar refractivity (Wildman–Crippen MR) is 129 cm³/mol. The molecule has 3 aliphatic rings. The van der Waals surface area contributed by atoms with Gasteiger partial charge in [0, 0.05) is 5.92 Å².